The maximum Gasteiger partial charge on any atom is 0.250 e. The standard InChI is InChI=1S/C56H60Br2O2Si2/c1-55(2,3)61(7,8)59-51-33-34-52(60-62(9,10)56(4,5)6)54-50(44-25-21-40(22-26-44)38-13-17-42(18-14-38)46-28-30-48(58)36-46)32-31-49(53(51)54)43-23-19-39(20-24-43)37-11-15-41(16-12-37)45-27-29-47(57)35-45/h11-34,49-50H,35-36H2,1-10H3/t49-,50+. The lowest BCUT2D eigenvalue weighted by atomic mass is 9.75. The van der Waals surface area contributed by atoms with Gasteiger partial charge in [-0.25, -0.2) is 0 Å². The summed E-state index contributed by atoms with van der Waals surface area (Å²) < 4.78 is 17.2. The van der Waals surface area contributed by atoms with Gasteiger partial charge >= 0.3 is 0 Å². The molecule has 3 aliphatic rings. The van der Waals surface area contributed by atoms with Crippen LogP contribution in [0.4, 0.5) is 0 Å². The first kappa shape index (κ1) is 44.4. The summed E-state index contributed by atoms with van der Waals surface area (Å²) >= 11 is 7.31. The van der Waals surface area contributed by atoms with Crippen molar-refractivity contribution in [3.8, 4) is 33.8 Å². The number of allylic oxidation sites excluding steroid dienone is 10. The average Bonchev–Trinajstić information content (AvgIpc) is 3.88. The Morgan fingerprint density at radius 1 is 0.419 bits per heavy atom. The molecule has 2 nitrogen and oxygen atoms in total. The molecular weight excluding hydrogens is 921 g/mol. The fourth-order valence-corrected chi connectivity index (χ4v) is 11.1. The monoisotopic (exact) mass is 978 g/mol. The fraction of sp³-hybridized carbons (Fsp3) is 0.286. The molecular formula is C56H60Br2O2Si2. The Hall–Kier alpha value is -4.21. The lowest BCUT2D eigenvalue weighted by Gasteiger charge is -2.41. The van der Waals surface area contributed by atoms with Gasteiger partial charge in [-0.1, -0.05) is 207 Å². The van der Waals surface area contributed by atoms with Crippen molar-refractivity contribution in [1.29, 1.82) is 0 Å². The lowest BCUT2D eigenvalue weighted by molar-refractivity contribution is 0.470. The van der Waals surface area contributed by atoms with Crippen LogP contribution in [0, 0.1) is 0 Å². The molecule has 5 aromatic carbocycles. The van der Waals surface area contributed by atoms with Crippen molar-refractivity contribution in [2.45, 2.75) is 102 Å². The number of hydrogen-bond acceptors (Lipinski definition) is 2. The minimum absolute atomic E-state index is 0.00995. The maximum atomic E-state index is 7.38. The van der Waals surface area contributed by atoms with Gasteiger partial charge in [-0.15, -0.1) is 0 Å². The molecule has 0 bridgehead atoms. The molecule has 0 fully saturated rings. The van der Waals surface area contributed by atoms with E-state index in [0.29, 0.717) is 0 Å². The normalized spacial score (nSPS) is 17.9. The van der Waals surface area contributed by atoms with Crippen molar-refractivity contribution in [3.63, 3.8) is 0 Å². The van der Waals surface area contributed by atoms with Gasteiger partial charge in [0.25, 0.3) is 0 Å². The van der Waals surface area contributed by atoms with E-state index < -0.39 is 16.6 Å². The number of rotatable bonds is 10. The second-order valence-corrected chi connectivity index (χ2v) is 31.8. The van der Waals surface area contributed by atoms with Crippen LogP contribution in [0.5, 0.6) is 11.5 Å². The lowest BCUT2D eigenvalue weighted by Crippen LogP contribution is -2.45. The van der Waals surface area contributed by atoms with Gasteiger partial charge in [-0.05, 0) is 113 Å². The molecule has 0 radical (unpaired) electrons. The first-order valence-electron chi connectivity index (χ1n) is 22.0. The third kappa shape index (κ3) is 9.08. The molecule has 8 rings (SSSR count). The summed E-state index contributed by atoms with van der Waals surface area (Å²) in [5.74, 6) is 1.94. The van der Waals surface area contributed by atoms with E-state index in [0.717, 1.165) is 24.3 Å². The Morgan fingerprint density at radius 2 is 0.710 bits per heavy atom. The SMILES string of the molecule is CC(C)(C)[Si](C)(C)Oc1ccc(O[Si](C)(C)C(C)(C)C)c2c1[C@@H](c1ccc(-c3ccc(C4=CC=C(Br)C4)cc3)cc1)C=C[C@H]2c1ccc(-c2ccc(C3=CC=C(Br)C3)cc2)cc1. The van der Waals surface area contributed by atoms with E-state index >= 15 is 0 Å². The maximum absolute atomic E-state index is 7.38. The van der Waals surface area contributed by atoms with Crippen LogP contribution in [0.2, 0.25) is 36.3 Å². The second kappa shape index (κ2) is 17.1. The Bertz CT molecular complexity index is 2450. The van der Waals surface area contributed by atoms with Crippen LogP contribution < -0.4 is 8.85 Å². The van der Waals surface area contributed by atoms with Gasteiger partial charge < -0.3 is 8.85 Å². The van der Waals surface area contributed by atoms with Crippen molar-refractivity contribution < 1.29 is 8.85 Å². The molecule has 62 heavy (non-hydrogen) atoms. The zero-order valence-corrected chi connectivity index (χ0v) is 43.2. The summed E-state index contributed by atoms with van der Waals surface area (Å²) in [5.41, 5.74) is 15.0. The quantitative estimate of drug-likeness (QED) is 0.103. The molecule has 2 atom stereocenters. The molecule has 0 aromatic heterocycles. The second-order valence-electron chi connectivity index (χ2n) is 20.3. The predicted octanol–water partition coefficient (Wildman–Crippen LogP) is 17.8. The van der Waals surface area contributed by atoms with E-state index in [1.54, 1.807) is 0 Å². The van der Waals surface area contributed by atoms with Gasteiger partial charge in [-0.2, -0.15) is 0 Å². The Morgan fingerprint density at radius 3 is 0.984 bits per heavy atom. The zero-order valence-electron chi connectivity index (χ0n) is 38.0. The Labute approximate surface area is 390 Å². The third-order valence-corrected chi connectivity index (χ3v) is 23.8. The highest BCUT2D eigenvalue weighted by Crippen LogP contribution is 2.52. The summed E-state index contributed by atoms with van der Waals surface area (Å²) in [5, 5.41) is 0.0633. The van der Waals surface area contributed by atoms with Crippen molar-refractivity contribution in [2.75, 3.05) is 0 Å². The van der Waals surface area contributed by atoms with Gasteiger partial charge in [0, 0.05) is 35.8 Å². The fourth-order valence-electron chi connectivity index (χ4n) is 8.14. The van der Waals surface area contributed by atoms with Crippen LogP contribution in [-0.4, -0.2) is 16.6 Å². The van der Waals surface area contributed by atoms with E-state index in [2.05, 4.69) is 245 Å². The molecule has 0 unspecified atom stereocenters. The largest absolute Gasteiger partial charge is 0.543 e. The van der Waals surface area contributed by atoms with Crippen LogP contribution in [-0.2, 0) is 0 Å². The molecule has 0 aliphatic heterocycles. The van der Waals surface area contributed by atoms with Crippen LogP contribution in [0.15, 0.2) is 155 Å². The third-order valence-electron chi connectivity index (χ3n) is 14.0. The Kier molecular flexibility index (Phi) is 12.2. The van der Waals surface area contributed by atoms with Crippen molar-refractivity contribution in [1.82, 2.24) is 0 Å². The summed E-state index contributed by atoms with van der Waals surface area (Å²) in [7, 11) is -4.48. The van der Waals surface area contributed by atoms with E-state index in [-0.39, 0.29) is 21.9 Å². The summed E-state index contributed by atoms with van der Waals surface area (Å²) in [4.78, 5) is 0. The van der Waals surface area contributed by atoms with Gasteiger partial charge in [0.15, 0.2) is 0 Å². The van der Waals surface area contributed by atoms with Crippen molar-refractivity contribution in [2.24, 2.45) is 0 Å². The molecule has 0 spiro atoms. The van der Waals surface area contributed by atoms with Crippen molar-refractivity contribution in [3.05, 3.63) is 188 Å². The predicted molar refractivity (Wildman–Crippen MR) is 278 cm³/mol. The van der Waals surface area contributed by atoms with E-state index in [4.69, 9.17) is 8.85 Å². The molecule has 5 aromatic rings. The van der Waals surface area contributed by atoms with Gasteiger partial charge in [0.2, 0.25) is 16.6 Å². The van der Waals surface area contributed by atoms with Crippen LogP contribution in [0.1, 0.15) is 99.6 Å². The topological polar surface area (TPSA) is 18.5 Å². The molecule has 0 saturated heterocycles. The van der Waals surface area contributed by atoms with E-state index in [1.807, 2.05) is 0 Å². The number of hydrogen-bond donors (Lipinski definition) is 0. The minimum Gasteiger partial charge on any atom is -0.543 e. The summed E-state index contributed by atoms with van der Waals surface area (Å²) in [6.07, 6.45) is 15.5. The minimum atomic E-state index is -2.24. The molecule has 0 N–H and O–H groups in total. The summed E-state index contributed by atoms with van der Waals surface area (Å²) in [6, 6.07) is 40.8. The van der Waals surface area contributed by atoms with Gasteiger partial charge in [-0.3, -0.25) is 0 Å². The molecule has 318 valence electrons. The number of fused-ring (bicyclic) bond motifs is 1. The molecule has 0 amide bonds. The van der Waals surface area contributed by atoms with Crippen LogP contribution in [0.25, 0.3) is 33.4 Å². The smallest absolute Gasteiger partial charge is 0.250 e. The highest BCUT2D eigenvalue weighted by Gasteiger charge is 2.43. The molecule has 0 saturated carbocycles. The first-order chi connectivity index (χ1) is 29.3. The molecule has 6 heteroatoms. The van der Waals surface area contributed by atoms with Gasteiger partial charge in [0.05, 0.1) is 0 Å². The zero-order chi connectivity index (χ0) is 44.2. The molecule has 3 aliphatic carbocycles. The highest BCUT2D eigenvalue weighted by atomic mass is 79.9. The summed E-state index contributed by atoms with van der Waals surface area (Å²) in [6.45, 7) is 23.4. The van der Waals surface area contributed by atoms with Gasteiger partial charge in [0.1, 0.15) is 11.5 Å². The molecule has 0 heterocycles. The average molecular weight is 981 g/mol. The number of benzene rings is 5. The number of halogens is 2. The Balaban J connectivity index is 1.20. The van der Waals surface area contributed by atoms with Crippen LogP contribution >= 0.6 is 31.9 Å². The first-order valence-corrected chi connectivity index (χ1v) is 29.4. The highest BCUT2D eigenvalue weighted by molar-refractivity contribution is 9.12. The van der Waals surface area contributed by atoms with Crippen LogP contribution in [0.3, 0.4) is 0 Å². The van der Waals surface area contributed by atoms with E-state index in [9.17, 15) is 0 Å². The van der Waals surface area contributed by atoms with Crippen molar-refractivity contribution >= 4 is 59.6 Å². The van der Waals surface area contributed by atoms with E-state index in [1.165, 1.54) is 75.7 Å².